The Morgan fingerprint density at radius 1 is 1.40 bits per heavy atom. The van der Waals surface area contributed by atoms with E-state index in [0.717, 1.165) is 7.11 Å². The molecule has 8 heteroatoms. The van der Waals surface area contributed by atoms with Gasteiger partial charge in [-0.3, -0.25) is 4.79 Å². The quantitative estimate of drug-likeness (QED) is 0.544. The minimum Gasteiger partial charge on any atom is -0.466 e. The number of sulfone groups is 1. The van der Waals surface area contributed by atoms with Crippen LogP contribution in [0.25, 0.3) is 0 Å². The van der Waals surface area contributed by atoms with Crippen molar-refractivity contribution in [3.63, 3.8) is 0 Å². The normalized spacial score (nSPS) is 22.6. The smallest absolute Gasteiger partial charge is 0.347 e. The predicted octanol–water partition coefficient (Wildman–Crippen LogP) is 0.693. The SMILES string of the molecule is CCS(=O)(=O)C1(C(=O)OC)CCCN1C(=S)CC(C)=O. The van der Waals surface area contributed by atoms with Crippen LogP contribution in [0.4, 0.5) is 0 Å². The Morgan fingerprint density at radius 3 is 2.45 bits per heavy atom. The van der Waals surface area contributed by atoms with Crippen LogP contribution in [0, 0.1) is 0 Å². The van der Waals surface area contributed by atoms with E-state index in [9.17, 15) is 18.0 Å². The first kappa shape index (κ1) is 17.0. The van der Waals surface area contributed by atoms with Gasteiger partial charge in [0, 0.05) is 6.54 Å². The molecule has 0 amide bonds. The van der Waals surface area contributed by atoms with E-state index in [1.807, 2.05) is 0 Å². The van der Waals surface area contributed by atoms with Gasteiger partial charge < -0.3 is 9.64 Å². The van der Waals surface area contributed by atoms with Gasteiger partial charge in [0.2, 0.25) is 4.87 Å². The van der Waals surface area contributed by atoms with Gasteiger partial charge in [-0.15, -0.1) is 0 Å². The van der Waals surface area contributed by atoms with Crippen molar-refractivity contribution in [2.24, 2.45) is 0 Å². The van der Waals surface area contributed by atoms with Crippen molar-refractivity contribution < 1.29 is 22.7 Å². The molecule has 6 nitrogen and oxygen atoms in total. The van der Waals surface area contributed by atoms with E-state index in [0.29, 0.717) is 13.0 Å². The van der Waals surface area contributed by atoms with Crippen molar-refractivity contribution in [3.8, 4) is 0 Å². The molecule has 114 valence electrons. The summed E-state index contributed by atoms with van der Waals surface area (Å²) in [6.07, 6.45) is 0.591. The van der Waals surface area contributed by atoms with Gasteiger partial charge in [0.15, 0.2) is 9.84 Å². The molecule has 0 saturated carbocycles. The number of hydrogen-bond donors (Lipinski definition) is 0. The predicted molar refractivity (Wildman–Crippen MR) is 78.0 cm³/mol. The third-order valence-corrected chi connectivity index (χ3v) is 6.18. The number of carbonyl (C=O) groups is 2. The number of hydrogen-bond acceptors (Lipinski definition) is 6. The lowest BCUT2D eigenvalue weighted by Crippen LogP contribution is -2.59. The van der Waals surface area contributed by atoms with Crippen molar-refractivity contribution in [1.29, 1.82) is 0 Å². The molecule has 0 radical (unpaired) electrons. The molecular weight excluding hydrogens is 302 g/mol. The molecule has 0 aromatic rings. The third kappa shape index (κ3) is 2.71. The van der Waals surface area contributed by atoms with Crippen molar-refractivity contribution >= 4 is 38.8 Å². The number of nitrogens with zero attached hydrogens (tertiary/aromatic N) is 1. The van der Waals surface area contributed by atoms with Gasteiger partial charge in [0.05, 0.1) is 24.3 Å². The average molecular weight is 321 g/mol. The monoisotopic (exact) mass is 321 g/mol. The summed E-state index contributed by atoms with van der Waals surface area (Å²) >= 11 is 5.16. The molecule has 1 aliphatic heterocycles. The summed E-state index contributed by atoms with van der Waals surface area (Å²) in [5.41, 5.74) is 0. The van der Waals surface area contributed by atoms with E-state index in [1.54, 1.807) is 0 Å². The second kappa shape index (κ2) is 6.17. The summed E-state index contributed by atoms with van der Waals surface area (Å²) in [6, 6.07) is 0. The summed E-state index contributed by atoms with van der Waals surface area (Å²) in [4.78, 5) is 23.1. The van der Waals surface area contributed by atoms with Crippen LogP contribution < -0.4 is 0 Å². The topological polar surface area (TPSA) is 80.8 Å². The molecule has 20 heavy (non-hydrogen) atoms. The van der Waals surface area contributed by atoms with Gasteiger partial charge in [0.25, 0.3) is 0 Å². The fourth-order valence-electron chi connectivity index (χ4n) is 2.49. The first-order valence-corrected chi connectivity index (χ1v) is 8.39. The zero-order valence-corrected chi connectivity index (χ0v) is 13.5. The molecule has 1 atom stereocenters. The van der Waals surface area contributed by atoms with Crippen molar-refractivity contribution in [3.05, 3.63) is 0 Å². The number of methoxy groups -OCH3 is 1. The van der Waals surface area contributed by atoms with Crippen LogP contribution in [0.15, 0.2) is 0 Å². The number of ketones is 1. The highest BCUT2D eigenvalue weighted by molar-refractivity contribution is 7.93. The molecule has 0 spiro atoms. The molecule has 0 aromatic carbocycles. The molecule has 0 bridgehead atoms. The van der Waals surface area contributed by atoms with Gasteiger partial charge in [-0.2, -0.15) is 0 Å². The van der Waals surface area contributed by atoms with Crippen LogP contribution in [0.1, 0.15) is 33.1 Å². The Labute approximate surface area is 124 Å². The fraction of sp³-hybridized carbons (Fsp3) is 0.750. The highest BCUT2D eigenvalue weighted by atomic mass is 32.2. The first-order valence-electron chi connectivity index (χ1n) is 6.33. The Hall–Kier alpha value is -1.02. The zero-order valence-electron chi connectivity index (χ0n) is 11.8. The average Bonchev–Trinajstić information content (AvgIpc) is 2.83. The molecule has 1 unspecified atom stereocenters. The number of carbonyl (C=O) groups excluding carboxylic acids is 2. The molecule has 1 saturated heterocycles. The summed E-state index contributed by atoms with van der Waals surface area (Å²) in [6.45, 7) is 3.18. The Balaban J connectivity index is 3.32. The number of Topliss-reactive ketones (excluding diaryl/α,β-unsaturated/α-hetero) is 1. The molecule has 1 heterocycles. The van der Waals surface area contributed by atoms with Gasteiger partial charge in [-0.05, 0) is 19.8 Å². The number of likely N-dealkylation sites (tertiary alicyclic amines) is 1. The third-order valence-electron chi connectivity index (χ3n) is 3.43. The van der Waals surface area contributed by atoms with E-state index in [2.05, 4.69) is 0 Å². The summed E-state index contributed by atoms with van der Waals surface area (Å²) in [5.74, 6) is -1.20. The zero-order chi connectivity index (χ0) is 15.6. The second-order valence-corrected chi connectivity index (χ2v) is 7.66. The summed E-state index contributed by atoms with van der Waals surface area (Å²) < 4.78 is 29.6. The minimum atomic E-state index is -3.75. The second-order valence-electron chi connectivity index (χ2n) is 4.71. The molecule has 1 aliphatic rings. The van der Waals surface area contributed by atoms with Crippen LogP contribution in [-0.2, 0) is 24.2 Å². The maximum absolute atomic E-state index is 12.4. The molecule has 1 fully saturated rings. The van der Waals surface area contributed by atoms with E-state index >= 15 is 0 Å². The Kier molecular flexibility index (Phi) is 5.26. The van der Waals surface area contributed by atoms with Crippen LogP contribution in [0.5, 0.6) is 0 Å². The van der Waals surface area contributed by atoms with Gasteiger partial charge in [-0.25, -0.2) is 13.2 Å². The maximum Gasteiger partial charge on any atom is 0.347 e. The standard InChI is InChI=1S/C12H19NO5S2/c1-4-20(16,17)12(11(15)18-3)6-5-7-13(12)10(19)8-9(2)14/h4-8H2,1-3H3. The molecule has 0 aromatic heterocycles. The lowest BCUT2D eigenvalue weighted by Gasteiger charge is -2.36. The number of rotatable bonds is 5. The van der Waals surface area contributed by atoms with E-state index in [-0.39, 0.29) is 29.4 Å². The number of thiocarbonyl (C=S) groups is 1. The van der Waals surface area contributed by atoms with Crippen LogP contribution >= 0.6 is 12.2 Å². The molecule has 0 aliphatic carbocycles. The first-order chi connectivity index (χ1) is 9.22. The van der Waals surface area contributed by atoms with E-state index in [4.69, 9.17) is 17.0 Å². The highest BCUT2D eigenvalue weighted by Crippen LogP contribution is 2.37. The molecule has 0 N–H and O–H groups in total. The van der Waals surface area contributed by atoms with Crippen LogP contribution in [0.2, 0.25) is 0 Å². The van der Waals surface area contributed by atoms with Gasteiger partial charge in [-0.1, -0.05) is 19.1 Å². The van der Waals surface area contributed by atoms with Crippen molar-refractivity contribution in [2.45, 2.75) is 38.0 Å². The van der Waals surface area contributed by atoms with Gasteiger partial charge in [0.1, 0.15) is 5.78 Å². The lowest BCUT2D eigenvalue weighted by atomic mass is 10.2. The minimum absolute atomic E-state index is 0.0483. The summed E-state index contributed by atoms with van der Waals surface area (Å²) in [5, 5.41) is 0. The highest BCUT2D eigenvalue weighted by Gasteiger charge is 2.58. The fourth-order valence-corrected chi connectivity index (χ4v) is 4.80. The Morgan fingerprint density at radius 2 is 2.00 bits per heavy atom. The number of esters is 1. The van der Waals surface area contributed by atoms with Crippen LogP contribution in [-0.4, -0.2) is 54.3 Å². The molecule has 1 rings (SSSR count). The summed E-state index contributed by atoms with van der Waals surface area (Å²) in [7, 11) is -2.60. The Bertz CT molecular complexity index is 528. The van der Waals surface area contributed by atoms with E-state index < -0.39 is 20.7 Å². The van der Waals surface area contributed by atoms with Gasteiger partial charge >= 0.3 is 5.97 Å². The largest absolute Gasteiger partial charge is 0.466 e. The van der Waals surface area contributed by atoms with Crippen LogP contribution in [0.3, 0.4) is 0 Å². The van der Waals surface area contributed by atoms with Crippen molar-refractivity contribution in [1.82, 2.24) is 4.90 Å². The number of ether oxygens (including phenoxy) is 1. The van der Waals surface area contributed by atoms with Crippen molar-refractivity contribution in [2.75, 3.05) is 19.4 Å². The molecular formula is C12H19NO5S2. The van der Waals surface area contributed by atoms with E-state index in [1.165, 1.54) is 18.7 Å². The lowest BCUT2D eigenvalue weighted by molar-refractivity contribution is -0.146. The maximum atomic E-state index is 12.4.